The van der Waals surface area contributed by atoms with E-state index in [-0.39, 0.29) is 21.9 Å². The standard InChI is InChI=1S/C19H13Cl2NO3/c1-22(19(25)14(20)11-7-3-2-4-8-11)16-15(21)17(23)12-9-5-6-10-13(12)18(16)24/h2-10,14H,1H3. The van der Waals surface area contributed by atoms with Crippen molar-refractivity contribution in [2.24, 2.45) is 0 Å². The molecule has 0 bridgehead atoms. The number of ketones is 2. The van der Waals surface area contributed by atoms with Crippen molar-refractivity contribution in [2.75, 3.05) is 7.05 Å². The Kier molecular flexibility index (Phi) is 4.75. The monoisotopic (exact) mass is 373 g/mol. The summed E-state index contributed by atoms with van der Waals surface area (Å²) in [4.78, 5) is 38.9. The van der Waals surface area contributed by atoms with Gasteiger partial charge in [-0.2, -0.15) is 0 Å². The summed E-state index contributed by atoms with van der Waals surface area (Å²) in [7, 11) is 1.39. The number of fused-ring (bicyclic) bond motifs is 1. The van der Waals surface area contributed by atoms with Crippen molar-refractivity contribution in [2.45, 2.75) is 5.38 Å². The molecule has 0 saturated carbocycles. The zero-order chi connectivity index (χ0) is 18.1. The molecule has 1 atom stereocenters. The summed E-state index contributed by atoms with van der Waals surface area (Å²) in [6, 6.07) is 15.1. The van der Waals surface area contributed by atoms with Gasteiger partial charge in [0.15, 0.2) is 0 Å². The first-order valence-corrected chi connectivity index (χ1v) is 8.29. The third-order valence-electron chi connectivity index (χ3n) is 4.01. The summed E-state index contributed by atoms with van der Waals surface area (Å²) < 4.78 is 0. The van der Waals surface area contributed by atoms with Gasteiger partial charge in [-0.05, 0) is 5.56 Å². The average Bonchev–Trinajstić information content (AvgIpc) is 2.65. The van der Waals surface area contributed by atoms with Gasteiger partial charge in [-0.15, -0.1) is 11.6 Å². The molecule has 3 rings (SSSR count). The second kappa shape index (κ2) is 6.82. The van der Waals surface area contributed by atoms with Crippen LogP contribution in [0.5, 0.6) is 0 Å². The molecule has 0 spiro atoms. The highest BCUT2D eigenvalue weighted by Crippen LogP contribution is 2.32. The number of Topliss-reactive ketones (excluding diaryl/α,β-unsaturated/α-hetero) is 2. The highest BCUT2D eigenvalue weighted by molar-refractivity contribution is 6.50. The number of allylic oxidation sites excluding steroid dienone is 2. The van der Waals surface area contributed by atoms with Gasteiger partial charge in [-0.1, -0.05) is 66.2 Å². The molecule has 2 aromatic rings. The number of hydrogen-bond acceptors (Lipinski definition) is 3. The molecular formula is C19H13Cl2NO3. The van der Waals surface area contributed by atoms with Crippen LogP contribution in [0.25, 0.3) is 0 Å². The van der Waals surface area contributed by atoms with Crippen molar-refractivity contribution < 1.29 is 14.4 Å². The molecule has 0 radical (unpaired) electrons. The van der Waals surface area contributed by atoms with E-state index in [1.807, 2.05) is 0 Å². The second-order valence-corrected chi connectivity index (χ2v) is 6.35. The van der Waals surface area contributed by atoms with Crippen molar-refractivity contribution in [1.82, 2.24) is 4.90 Å². The lowest BCUT2D eigenvalue weighted by molar-refractivity contribution is -0.127. The zero-order valence-corrected chi connectivity index (χ0v) is 14.7. The summed E-state index contributed by atoms with van der Waals surface area (Å²) in [5.41, 5.74) is 0.884. The molecule has 126 valence electrons. The van der Waals surface area contributed by atoms with Crippen LogP contribution in [0.3, 0.4) is 0 Å². The number of rotatable bonds is 3. The Balaban J connectivity index is 1.98. The van der Waals surface area contributed by atoms with Crippen molar-refractivity contribution in [3.05, 3.63) is 82.0 Å². The van der Waals surface area contributed by atoms with Crippen LogP contribution >= 0.6 is 23.2 Å². The molecule has 1 amide bonds. The van der Waals surface area contributed by atoms with Crippen LogP contribution in [0.2, 0.25) is 0 Å². The fraction of sp³-hybridized carbons (Fsp3) is 0.105. The van der Waals surface area contributed by atoms with Crippen LogP contribution in [-0.2, 0) is 4.79 Å². The van der Waals surface area contributed by atoms with E-state index >= 15 is 0 Å². The molecule has 0 aliphatic heterocycles. The summed E-state index contributed by atoms with van der Waals surface area (Å²) in [5, 5.41) is -1.28. The maximum atomic E-state index is 12.7. The minimum atomic E-state index is -0.997. The van der Waals surface area contributed by atoms with Crippen molar-refractivity contribution in [3.8, 4) is 0 Å². The SMILES string of the molecule is CN(C(=O)C(Cl)c1ccccc1)C1=C(Cl)C(=O)c2ccccc2C1=O. The van der Waals surface area contributed by atoms with E-state index in [1.165, 1.54) is 19.2 Å². The molecule has 25 heavy (non-hydrogen) atoms. The largest absolute Gasteiger partial charge is 0.309 e. The van der Waals surface area contributed by atoms with Crippen LogP contribution in [0.15, 0.2) is 65.3 Å². The molecule has 0 N–H and O–H groups in total. The molecule has 0 aromatic heterocycles. The first kappa shape index (κ1) is 17.4. The molecule has 1 aliphatic rings. The van der Waals surface area contributed by atoms with Crippen molar-refractivity contribution in [1.29, 1.82) is 0 Å². The van der Waals surface area contributed by atoms with Gasteiger partial charge in [-0.3, -0.25) is 14.4 Å². The maximum absolute atomic E-state index is 12.7. The van der Waals surface area contributed by atoms with E-state index in [0.29, 0.717) is 5.56 Å². The minimum Gasteiger partial charge on any atom is -0.309 e. The van der Waals surface area contributed by atoms with Crippen LogP contribution < -0.4 is 0 Å². The van der Waals surface area contributed by atoms with Crippen molar-refractivity contribution in [3.63, 3.8) is 0 Å². The van der Waals surface area contributed by atoms with Gasteiger partial charge in [0.1, 0.15) is 16.1 Å². The first-order valence-electron chi connectivity index (χ1n) is 7.48. The zero-order valence-electron chi connectivity index (χ0n) is 13.2. The van der Waals surface area contributed by atoms with E-state index in [1.54, 1.807) is 42.5 Å². The van der Waals surface area contributed by atoms with E-state index in [2.05, 4.69) is 0 Å². The summed E-state index contributed by atoms with van der Waals surface area (Å²) >= 11 is 12.4. The Labute approximate surface area is 154 Å². The summed E-state index contributed by atoms with van der Waals surface area (Å²) in [5.74, 6) is -1.51. The molecule has 1 unspecified atom stereocenters. The predicted octanol–water partition coefficient (Wildman–Crippen LogP) is 3.95. The van der Waals surface area contributed by atoms with Crippen LogP contribution in [-0.4, -0.2) is 29.4 Å². The molecule has 0 fully saturated rings. The topological polar surface area (TPSA) is 54.5 Å². The number of carbonyl (C=O) groups excluding carboxylic acids is 3. The number of carbonyl (C=O) groups is 3. The molecule has 1 aliphatic carbocycles. The van der Waals surface area contributed by atoms with E-state index in [9.17, 15) is 14.4 Å². The quantitative estimate of drug-likeness (QED) is 0.765. The van der Waals surface area contributed by atoms with Gasteiger partial charge in [0.05, 0.1) is 0 Å². The lowest BCUT2D eigenvalue weighted by Gasteiger charge is -2.26. The van der Waals surface area contributed by atoms with Crippen LogP contribution in [0.4, 0.5) is 0 Å². The summed E-state index contributed by atoms with van der Waals surface area (Å²) in [6.45, 7) is 0. The normalized spacial score (nSPS) is 15.0. The van der Waals surface area contributed by atoms with E-state index in [4.69, 9.17) is 23.2 Å². The average molecular weight is 374 g/mol. The highest BCUT2D eigenvalue weighted by atomic mass is 35.5. The van der Waals surface area contributed by atoms with Gasteiger partial charge < -0.3 is 4.90 Å². The first-order chi connectivity index (χ1) is 11.9. The fourth-order valence-electron chi connectivity index (χ4n) is 2.68. The second-order valence-electron chi connectivity index (χ2n) is 5.54. The lowest BCUT2D eigenvalue weighted by Crippen LogP contribution is -2.36. The maximum Gasteiger partial charge on any atom is 0.249 e. The number of hydrogen-bond donors (Lipinski definition) is 0. The molecular weight excluding hydrogens is 361 g/mol. The van der Waals surface area contributed by atoms with Crippen LogP contribution in [0.1, 0.15) is 31.7 Å². The van der Waals surface area contributed by atoms with Gasteiger partial charge >= 0.3 is 0 Å². The predicted molar refractivity (Wildman–Crippen MR) is 95.8 cm³/mol. The molecule has 0 heterocycles. The Morgan fingerprint density at radius 1 is 0.920 bits per heavy atom. The van der Waals surface area contributed by atoms with Gasteiger partial charge in [0.25, 0.3) is 0 Å². The lowest BCUT2D eigenvalue weighted by atomic mass is 9.92. The van der Waals surface area contributed by atoms with Gasteiger partial charge in [-0.25, -0.2) is 0 Å². The van der Waals surface area contributed by atoms with E-state index in [0.717, 1.165) is 4.90 Å². The smallest absolute Gasteiger partial charge is 0.249 e. The number of halogens is 2. The number of benzene rings is 2. The summed E-state index contributed by atoms with van der Waals surface area (Å²) in [6.07, 6.45) is 0. The third kappa shape index (κ3) is 2.99. The third-order valence-corrected chi connectivity index (χ3v) is 4.80. The van der Waals surface area contributed by atoms with Gasteiger partial charge in [0.2, 0.25) is 17.5 Å². The minimum absolute atomic E-state index is 0.156. The van der Waals surface area contributed by atoms with Crippen LogP contribution in [0, 0.1) is 0 Å². The fourth-order valence-corrected chi connectivity index (χ4v) is 3.28. The Bertz CT molecular complexity index is 906. The molecule has 6 heteroatoms. The number of nitrogens with zero attached hydrogens (tertiary/aromatic N) is 1. The van der Waals surface area contributed by atoms with Crippen molar-refractivity contribution >= 4 is 40.7 Å². The molecule has 0 saturated heterocycles. The Morgan fingerprint density at radius 3 is 2.04 bits per heavy atom. The van der Waals surface area contributed by atoms with E-state index < -0.39 is 22.9 Å². The number of amides is 1. The Hall–Kier alpha value is -2.43. The molecule has 2 aromatic carbocycles. The van der Waals surface area contributed by atoms with Gasteiger partial charge in [0, 0.05) is 18.2 Å². The number of likely N-dealkylation sites (N-methyl/N-ethyl adjacent to an activating group) is 1. The number of alkyl halides is 1. The molecule has 4 nitrogen and oxygen atoms in total. The Morgan fingerprint density at radius 2 is 1.44 bits per heavy atom. The highest BCUT2D eigenvalue weighted by Gasteiger charge is 2.36.